The minimum absolute atomic E-state index is 0.486. The fraction of sp³-hybridized carbons (Fsp3) is 0.583. The maximum Gasteiger partial charge on any atom is 0.297 e. The third-order valence-electron chi connectivity index (χ3n) is 3.14. The first-order valence-corrected chi connectivity index (χ1v) is 5.57. The van der Waals surface area contributed by atoms with Gasteiger partial charge in [0.15, 0.2) is 5.82 Å². The summed E-state index contributed by atoms with van der Waals surface area (Å²) in [4.78, 5) is 7.22. The molecule has 0 amide bonds. The predicted octanol–water partition coefficient (Wildman–Crippen LogP) is 3.00. The van der Waals surface area contributed by atoms with E-state index in [0.29, 0.717) is 11.5 Å². The lowest BCUT2D eigenvalue weighted by molar-refractivity contribution is 0.140. The molecule has 1 fully saturated rings. The van der Waals surface area contributed by atoms with E-state index in [4.69, 9.17) is 0 Å². The highest BCUT2D eigenvalue weighted by molar-refractivity contribution is 5.27. The molecule has 5 heteroatoms. The van der Waals surface area contributed by atoms with Crippen molar-refractivity contribution in [2.24, 2.45) is 5.92 Å². The third-order valence-corrected chi connectivity index (χ3v) is 3.14. The number of nitriles is 1. The van der Waals surface area contributed by atoms with Crippen molar-refractivity contribution in [1.29, 1.82) is 5.26 Å². The van der Waals surface area contributed by atoms with Gasteiger partial charge >= 0.3 is 0 Å². The minimum atomic E-state index is -2.67. The third kappa shape index (κ3) is 2.57. The van der Waals surface area contributed by atoms with Crippen LogP contribution in [0.2, 0.25) is 0 Å². The molecule has 17 heavy (non-hydrogen) atoms. The highest BCUT2D eigenvalue weighted by Gasteiger charge is 2.35. The van der Waals surface area contributed by atoms with Gasteiger partial charge in [0.1, 0.15) is 0 Å². The standard InChI is InChI=1S/C12H13F2N3/c1-12(7-15,4-8-2-3-8)9-5-16-11(10(13)14)17-6-9/h5-6,8,10H,2-4H2,1H3/t12-/m0/s1. The van der Waals surface area contributed by atoms with Crippen LogP contribution in [0.25, 0.3) is 0 Å². The fourth-order valence-electron chi connectivity index (χ4n) is 1.86. The molecular weight excluding hydrogens is 224 g/mol. The Kier molecular flexibility index (Phi) is 3.05. The van der Waals surface area contributed by atoms with Crippen LogP contribution in [-0.4, -0.2) is 9.97 Å². The Labute approximate surface area is 98.5 Å². The Balaban J connectivity index is 2.21. The van der Waals surface area contributed by atoms with Crippen LogP contribution in [0.15, 0.2) is 12.4 Å². The highest BCUT2D eigenvalue weighted by Crippen LogP contribution is 2.41. The van der Waals surface area contributed by atoms with Crippen molar-refractivity contribution in [3.05, 3.63) is 23.8 Å². The van der Waals surface area contributed by atoms with E-state index in [1.807, 2.05) is 6.92 Å². The van der Waals surface area contributed by atoms with Crippen molar-refractivity contribution in [1.82, 2.24) is 9.97 Å². The quantitative estimate of drug-likeness (QED) is 0.808. The number of rotatable bonds is 4. The second-order valence-electron chi connectivity index (χ2n) is 4.72. The lowest BCUT2D eigenvalue weighted by atomic mass is 9.81. The summed E-state index contributed by atoms with van der Waals surface area (Å²) in [5.41, 5.74) is -0.0433. The molecular formula is C12H13F2N3. The molecule has 0 spiro atoms. The topological polar surface area (TPSA) is 49.6 Å². The van der Waals surface area contributed by atoms with Gasteiger partial charge in [-0.05, 0) is 19.3 Å². The molecule has 1 saturated carbocycles. The van der Waals surface area contributed by atoms with Crippen molar-refractivity contribution in [2.45, 2.75) is 38.0 Å². The first kappa shape index (κ1) is 11.9. The molecule has 1 aromatic rings. The van der Waals surface area contributed by atoms with Crippen LogP contribution in [0, 0.1) is 17.2 Å². The lowest BCUT2D eigenvalue weighted by Gasteiger charge is -2.21. The van der Waals surface area contributed by atoms with Gasteiger partial charge < -0.3 is 0 Å². The molecule has 0 aliphatic heterocycles. The normalized spacial score (nSPS) is 18.8. The minimum Gasteiger partial charge on any atom is -0.236 e. The summed E-state index contributed by atoms with van der Waals surface area (Å²) >= 11 is 0. The van der Waals surface area contributed by atoms with Gasteiger partial charge in [-0.1, -0.05) is 12.8 Å². The van der Waals surface area contributed by atoms with Gasteiger partial charge in [0.25, 0.3) is 6.43 Å². The molecule has 2 rings (SSSR count). The summed E-state index contributed by atoms with van der Waals surface area (Å²) in [5.74, 6) is 0.0925. The smallest absolute Gasteiger partial charge is 0.236 e. The first-order valence-electron chi connectivity index (χ1n) is 5.57. The van der Waals surface area contributed by atoms with E-state index in [9.17, 15) is 14.0 Å². The first-order chi connectivity index (χ1) is 8.05. The van der Waals surface area contributed by atoms with Gasteiger partial charge in [-0.15, -0.1) is 0 Å². The van der Waals surface area contributed by atoms with E-state index in [1.54, 1.807) is 0 Å². The summed E-state index contributed by atoms with van der Waals surface area (Å²) < 4.78 is 24.6. The number of halogens is 2. The largest absolute Gasteiger partial charge is 0.297 e. The van der Waals surface area contributed by atoms with E-state index in [2.05, 4.69) is 16.0 Å². The molecule has 0 radical (unpaired) electrons. The van der Waals surface area contributed by atoms with Crippen LogP contribution >= 0.6 is 0 Å². The maximum atomic E-state index is 12.3. The summed E-state index contributed by atoms with van der Waals surface area (Å²) in [6, 6.07) is 2.25. The SMILES string of the molecule is C[C@@](C#N)(CC1CC1)c1cnc(C(F)F)nc1. The number of nitrogens with zero attached hydrogens (tertiary/aromatic N) is 3. The van der Waals surface area contributed by atoms with Crippen molar-refractivity contribution >= 4 is 0 Å². The summed E-state index contributed by atoms with van der Waals surface area (Å²) in [5, 5.41) is 9.24. The average molecular weight is 237 g/mol. The second-order valence-corrected chi connectivity index (χ2v) is 4.72. The lowest BCUT2D eigenvalue weighted by Crippen LogP contribution is -2.21. The molecule has 90 valence electrons. The number of hydrogen-bond donors (Lipinski definition) is 0. The van der Waals surface area contributed by atoms with Crippen molar-refractivity contribution in [2.75, 3.05) is 0 Å². The molecule has 0 unspecified atom stereocenters. The Bertz CT molecular complexity index is 434. The number of aromatic nitrogens is 2. The van der Waals surface area contributed by atoms with Gasteiger partial charge in [0.05, 0.1) is 11.5 Å². The maximum absolute atomic E-state index is 12.3. The molecule has 0 saturated heterocycles. The predicted molar refractivity (Wildman–Crippen MR) is 57.3 cm³/mol. The zero-order valence-electron chi connectivity index (χ0n) is 9.53. The Morgan fingerprint density at radius 1 is 1.47 bits per heavy atom. The van der Waals surface area contributed by atoms with E-state index >= 15 is 0 Å². The molecule has 1 aliphatic rings. The molecule has 3 nitrogen and oxygen atoms in total. The Hall–Kier alpha value is -1.57. The zero-order valence-corrected chi connectivity index (χ0v) is 9.53. The van der Waals surface area contributed by atoms with Gasteiger partial charge in [-0.3, -0.25) is 0 Å². The van der Waals surface area contributed by atoms with Gasteiger partial charge in [-0.2, -0.15) is 5.26 Å². The zero-order chi connectivity index (χ0) is 12.5. The fourth-order valence-corrected chi connectivity index (χ4v) is 1.86. The number of hydrogen-bond acceptors (Lipinski definition) is 3. The van der Waals surface area contributed by atoms with Crippen LogP contribution in [0.3, 0.4) is 0 Å². The van der Waals surface area contributed by atoms with Crippen LogP contribution in [0.5, 0.6) is 0 Å². The van der Waals surface area contributed by atoms with Crippen LogP contribution in [-0.2, 0) is 5.41 Å². The summed E-state index contributed by atoms with van der Waals surface area (Å²) in [7, 11) is 0. The van der Waals surface area contributed by atoms with Gasteiger partial charge in [0, 0.05) is 18.0 Å². The van der Waals surface area contributed by atoms with Crippen LogP contribution < -0.4 is 0 Å². The van der Waals surface area contributed by atoms with Gasteiger partial charge in [0.2, 0.25) is 0 Å². The Morgan fingerprint density at radius 3 is 2.47 bits per heavy atom. The van der Waals surface area contributed by atoms with E-state index in [1.165, 1.54) is 12.4 Å². The van der Waals surface area contributed by atoms with Crippen molar-refractivity contribution in [3.63, 3.8) is 0 Å². The molecule has 0 bridgehead atoms. The van der Waals surface area contributed by atoms with Crippen molar-refractivity contribution < 1.29 is 8.78 Å². The molecule has 0 N–H and O–H groups in total. The second kappa shape index (κ2) is 4.36. The van der Waals surface area contributed by atoms with Crippen LogP contribution in [0.1, 0.15) is 44.0 Å². The molecule has 0 aromatic carbocycles. The summed E-state index contributed by atoms with van der Waals surface area (Å²) in [6.45, 7) is 1.81. The number of alkyl halides is 2. The summed E-state index contributed by atoms with van der Waals surface area (Å²) in [6.07, 6.45) is 3.07. The monoisotopic (exact) mass is 237 g/mol. The average Bonchev–Trinajstić information content (AvgIpc) is 3.13. The molecule has 1 aromatic heterocycles. The Morgan fingerprint density at radius 2 is 2.06 bits per heavy atom. The van der Waals surface area contributed by atoms with Crippen LogP contribution in [0.4, 0.5) is 8.78 Å². The van der Waals surface area contributed by atoms with E-state index < -0.39 is 17.7 Å². The van der Waals surface area contributed by atoms with Gasteiger partial charge in [-0.25, -0.2) is 18.7 Å². The van der Waals surface area contributed by atoms with E-state index in [0.717, 1.165) is 19.3 Å². The van der Waals surface area contributed by atoms with E-state index in [-0.39, 0.29) is 0 Å². The molecule has 1 aliphatic carbocycles. The van der Waals surface area contributed by atoms with Crippen molar-refractivity contribution in [3.8, 4) is 6.07 Å². The molecule has 1 heterocycles. The highest BCUT2D eigenvalue weighted by atomic mass is 19.3. The molecule has 1 atom stereocenters.